The second-order valence-corrected chi connectivity index (χ2v) is 3.75. The van der Waals surface area contributed by atoms with Crippen LogP contribution in [-0.2, 0) is 6.54 Å². The first-order valence-electron chi connectivity index (χ1n) is 5.11. The van der Waals surface area contributed by atoms with E-state index < -0.39 is 0 Å². The molecule has 0 atom stereocenters. The molecule has 0 aromatic carbocycles. The van der Waals surface area contributed by atoms with Crippen molar-refractivity contribution >= 4 is 11.0 Å². The summed E-state index contributed by atoms with van der Waals surface area (Å²) in [5, 5.41) is 0. The van der Waals surface area contributed by atoms with Gasteiger partial charge in [0.25, 0.3) is 0 Å². The zero-order valence-corrected chi connectivity index (χ0v) is 9.24. The summed E-state index contributed by atoms with van der Waals surface area (Å²) in [4.78, 5) is 16.2. The molecule has 15 heavy (non-hydrogen) atoms. The highest BCUT2D eigenvalue weighted by Gasteiger charge is 2.06. The Hall–Kier alpha value is -1.64. The van der Waals surface area contributed by atoms with E-state index in [0.29, 0.717) is 5.52 Å². The smallest absolute Gasteiger partial charge is 0.210 e. The van der Waals surface area contributed by atoms with Crippen molar-refractivity contribution in [2.75, 3.05) is 0 Å². The Labute approximate surface area is 88.4 Å². The van der Waals surface area contributed by atoms with Gasteiger partial charge in [-0.25, -0.2) is 4.98 Å². The summed E-state index contributed by atoms with van der Waals surface area (Å²) in [5.41, 5.74) is 3.17. The number of pyridine rings is 2. The van der Waals surface area contributed by atoms with Gasteiger partial charge in [-0.1, -0.05) is 0 Å². The second kappa shape index (κ2) is 3.50. The van der Waals surface area contributed by atoms with Crippen LogP contribution in [0, 0.1) is 13.8 Å². The number of hydrogen-bond acceptors (Lipinski definition) is 2. The van der Waals surface area contributed by atoms with Gasteiger partial charge in [-0.2, -0.15) is 0 Å². The fraction of sp³-hybridized carbons (Fsp3) is 0.333. The topological polar surface area (TPSA) is 34.9 Å². The van der Waals surface area contributed by atoms with Gasteiger partial charge in [0.05, 0.1) is 5.52 Å². The van der Waals surface area contributed by atoms with E-state index in [0.717, 1.165) is 23.3 Å². The van der Waals surface area contributed by atoms with Gasteiger partial charge < -0.3 is 4.57 Å². The molecule has 3 nitrogen and oxygen atoms in total. The Morgan fingerprint density at radius 3 is 2.73 bits per heavy atom. The summed E-state index contributed by atoms with van der Waals surface area (Å²) >= 11 is 0. The number of fused-ring (bicyclic) bond motifs is 1. The van der Waals surface area contributed by atoms with E-state index in [9.17, 15) is 4.79 Å². The van der Waals surface area contributed by atoms with E-state index in [1.807, 2.05) is 32.2 Å². The summed E-state index contributed by atoms with van der Waals surface area (Å²) < 4.78 is 2.05. The minimum Gasteiger partial charge on any atom is -0.346 e. The lowest BCUT2D eigenvalue weighted by Crippen LogP contribution is -2.13. The third kappa shape index (κ3) is 1.54. The van der Waals surface area contributed by atoms with Crippen LogP contribution in [0.1, 0.15) is 18.2 Å². The number of rotatable bonds is 1. The molecule has 2 aromatic rings. The largest absolute Gasteiger partial charge is 0.346 e. The number of aryl methyl sites for hydroxylation is 3. The molecule has 2 rings (SSSR count). The first-order valence-corrected chi connectivity index (χ1v) is 5.11. The molecule has 0 aliphatic carbocycles. The Morgan fingerprint density at radius 2 is 2.07 bits per heavy atom. The van der Waals surface area contributed by atoms with Crippen LogP contribution in [0.4, 0.5) is 0 Å². The van der Waals surface area contributed by atoms with E-state index in [4.69, 9.17) is 0 Å². The van der Waals surface area contributed by atoms with Crippen LogP contribution in [0.5, 0.6) is 0 Å². The van der Waals surface area contributed by atoms with Crippen molar-refractivity contribution in [3.63, 3.8) is 0 Å². The van der Waals surface area contributed by atoms with E-state index in [1.54, 1.807) is 0 Å². The SMILES string of the molecule is CCn1cc(C)c(=O)c2nc(C)ccc21. The monoisotopic (exact) mass is 202 g/mol. The lowest BCUT2D eigenvalue weighted by molar-refractivity contribution is 0.781. The van der Waals surface area contributed by atoms with Crippen LogP contribution >= 0.6 is 0 Å². The maximum Gasteiger partial charge on any atom is 0.210 e. The summed E-state index contributed by atoms with van der Waals surface area (Å²) in [6, 6.07) is 3.89. The number of hydrogen-bond donors (Lipinski definition) is 0. The quantitative estimate of drug-likeness (QED) is 0.709. The van der Waals surface area contributed by atoms with Gasteiger partial charge in [0.15, 0.2) is 0 Å². The predicted octanol–water partition coefficient (Wildman–Crippen LogP) is 2.03. The van der Waals surface area contributed by atoms with Crippen LogP contribution in [-0.4, -0.2) is 9.55 Å². The molecule has 0 saturated carbocycles. The molecule has 3 heteroatoms. The van der Waals surface area contributed by atoms with Gasteiger partial charge >= 0.3 is 0 Å². The standard InChI is InChI=1S/C12H14N2O/c1-4-14-7-8(2)12(15)11-10(14)6-5-9(3)13-11/h5-7H,4H2,1-3H3. The molecular formula is C12H14N2O. The van der Waals surface area contributed by atoms with Crippen molar-refractivity contribution in [1.29, 1.82) is 0 Å². The van der Waals surface area contributed by atoms with E-state index >= 15 is 0 Å². The first kappa shape index (κ1) is 9.90. The highest BCUT2D eigenvalue weighted by atomic mass is 16.1. The van der Waals surface area contributed by atoms with Gasteiger partial charge in [0.2, 0.25) is 5.43 Å². The van der Waals surface area contributed by atoms with E-state index in [1.165, 1.54) is 0 Å². The number of aromatic nitrogens is 2. The zero-order chi connectivity index (χ0) is 11.0. The molecule has 2 aromatic heterocycles. The van der Waals surface area contributed by atoms with Crippen molar-refractivity contribution in [3.8, 4) is 0 Å². The third-order valence-corrected chi connectivity index (χ3v) is 2.59. The average Bonchev–Trinajstić information content (AvgIpc) is 2.23. The molecule has 2 heterocycles. The van der Waals surface area contributed by atoms with Crippen LogP contribution < -0.4 is 5.43 Å². The summed E-state index contributed by atoms with van der Waals surface area (Å²) in [7, 11) is 0. The van der Waals surface area contributed by atoms with Gasteiger partial charge in [0, 0.05) is 24.0 Å². The fourth-order valence-corrected chi connectivity index (χ4v) is 1.76. The minimum absolute atomic E-state index is 0.0402. The minimum atomic E-state index is 0.0402. The summed E-state index contributed by atoms with van der Waals surface area (Å²) in [5.74, 6) is 0. The molecule has 0 amide bonds. The highest BCUT2D eigenvalue weighted by molar-refractivity contribution is 5.75. The predicted molar refractivity (Wildman–Crippen MR) is 61.2 cm³/mol. The molecule has 0 N–H and O–H groups in total. The molecule has 0 aliphatic heterocycles. The summed E-state index contributed by atoms with van der Waals surface area (Å²) in [6.45, 7) is 6.64. The molecule has 0 radical (unpaired) electrons. The Morgan fingerprint density at radius 1 is 1.33 bits per heavy atom. The van der Waals surface area contributed by atoms with Crippen molar-refractivity contribution in [2.45, 2.75) is 27.3 Å². The van der Waals surface area contributed by atoms with Gasteiger partial charge in [-0.15, -0.1) is 0 Å². The highest BCUT2D eigenvalue weighted by Crippen LogP contribution is 2.10. The number of nitrogens with zero attached hydrogens (tertiary/aromatic N) is 2. The molecular weight excluding hydrogens is 188 g/mol. The zero-order valence-electron chi connectivity index (χ0n) is 9.24. The van der Waals surface area contributed by atoms with Gasteiger partial charge in [-0.3, -0.25) is 4.79 Å². The van der Waals surface area contributed by atoms with Crippen molar-refractivity contribution < 1.29 is 0 Å². The molecule has 0 saturated heterocycles. The fourth-order valence-electron chi connectivity index (χ4n) is 1.76. The average molecular weight is 202 g/mol. The molecule has 0 unspecified atom stereocenters. The second-order valence-electron chi connectivity index (χ2n) is 3.75. The Kier molecular flexibility index (Phi) is 2.31. The van der Waals surface area contributed by atoms with Crippen LogP contribution in [0.2, 0.25) is 0 Å². The van der Waals surface area contributed by atoms with Crippen LogP contribution in [0.15, 0.2) is 23.1 Å². The lowest BCUT2D eigenvalue weighted by Gasteiger charge is -2.09. The molecule has 0 fully saturated rings. The molecule has 0 spiro atoms. The van der Waals surface area contributed by atoms with Gasteiger partial charge in [0.1, 0.15) is 5.52 Å². The van der Waals surface area contributed by atoms with Crippen LogP contribution in [0.25, 0.3) is 11.0 Å². The first-order chi connectivity index (χ1) is 7.13. The third-order valence-electron chi connectivity index (χ3n) is 2.59. The van der Waals surface area contributed by atoms with Gasteiger partial charge in [-0.05, 0) is 32.9 Å². The maximum atomic E-state index is 11.9. The molecule has 78 valence electrons. The molecule has 0 bridgehead atoms. The van der Waals surface area contributed by atoms with Crippen molar-refractivity contribution in [2.24, 2.45) is 0 Å². The lowest BCUT2D eigenvalue weighted by atomic mass is 10.2. The van der Waals surface area contributed by atoms with Crippen molar-refractivity contribution in [1.82, 2.24) is 9.55 Å². The van der Waals surface area contributed by atoms with Crippen LogP contribution in [0.3, 0.4) is 0 Å². The van der Waals surface area contributed by atoms with E-state index in [-0.39, 0.29) is 5.43 Å². The normalized spacial score (nSPS) is 10.9. The maximum absolute atomic E-state index is 11.9. The molecule has 0 aliphatic rings. The summed E-state index contributed by atoms with van der Waals surface area (Å²) in [6.07, 6.45) is 1.89. The Bertz CT molecular complexity index is 570. The van der Waals surface area contributed by atoms with E-state index in [2.05, 4.69) is 16.5 Å². The van der Waals surface area contributed by atoms with Crippen molar-refractivity contribution in [3.05, 3.63) is 39.8 Å². The Balaban J connectivity index is 2.96.